The van der Waals surface area contributed by atoms with Crippen molar-refractivity contribution in [3.63, 3.8) is 0 Å². The van der Waals surface area contributed by atoms with E-state index in [1.807, 2.05) is 12.1 Å². The van der Waals surface area contributed by atoms with Crippen LogP contribution in [0.25, 0.3) is 0 Å². The number of anilines is 1. The second kappa shape index (κ2) is 6.85. The van der Waals surface area contributed by atoms with Crippen LogP contribution in [0.2, 0.25) is 0 Å². The molecule has 2 N–H and O–H groups in total. The second-order valence-electron chi connectivity index (χ2n) is 5.81. The zero-order chi connectivity index (χ0) is 18.0. The lowest BCUT2D eigenvalue weighted by molar-refractivity contribution is -0.144. The van der Waals surface area contributed by atoms with Crippen molar-refractivity contribution < 1.29 is 17.9 Å². The third-order valence-corrected chi connectivity index (χ3v) is 5.85. The molecular formula is C18H19N2O4S. The number of sulfonamides is 1. The molecule has 0 saturated carbocycles. The van der Waals surface area contributed by atoms with Crippen LogP contribution in [0, 0.1) is 13.0 Å². The summed E-state index contributed by atoms with van der Waals surface area (Å²) in [5.74, 6) is -0.593. The van der Waals surface area contributed by atoms with Gasteiger partial charge in [0.2, 0.25) is 0 Å². The minimum absolute atomic E-state index is 0.0545. The summed E-state index contributed by atoms with van der Waals surface area (Å²) in [5, 5.41) is 0. The first-order valence-corrected chi connectivity index (χ1v) is 9.36. The Morgan fingerprint density at radius 1 is 1.36 bits per heavy atom. The van der Waals surface area contributed by atoms with Gasteiger partial charge in [0.15, 0.2) is 0 Å². The molecule has 1 unspecified atom stereocenters. The van der Waals surface area contributed by atoms with E-state index < -0.39 is 22.0 Å². The summed E-state index contributed by atoms with van der Waals surface area (Å²) >= 11 is 0. The molecule has 2 aromatic rings. The highest BCUT2D eigenvalue weighted by Crippen LogP contribution is 2.37. The zero-order valence-electron chi connectivity index (χ0n) is 13.8. The molecule has 2 aromatic carbocycles. The van der Waals surface area contributed by atoms with Crippen molar-refractivity contribution >= 4 is 21.7 Å². The van der Waals surface area contributed by atoms with Gasteiger partial charge in [0.25, 0.3) is 10.0 Å². The quantitative estimate of drug-likeness (QED) is 0.816. The Morgan fingerprint density at radius 2 is 2.12 bits per heavy atom. The summed E-state index contributed by atoms with van der Waals surface area (Å²) in [6, 6.07) is 13.7. The summed E-state index contributed by atoms with van der Waals surface area (Å²) in [4.78, 5) is 12.6. The standard InChI is InChI=1S/C18H19N2O4S/c1-13-5-4-7-15(11-13)25(22,23)20-16-8-3-2-6-14(16)12-17(20)18(21)24-10-9-19/h2-4,6-8,11,17H,9-10,12,19H2,1H3. The average Bonchev–Trinajstić information content (AvgIpc) is 3.00. The number of hydrogen-bond donors (Lipinski definition) is 1. The number of benzene rings is 2. The highest BCUT2D eigenvalue weighted by atomic mass is 32.2. The monoisotopic (exact) mass is 359 g/mol. The van der Waals surface area contributed by atoms with Crippen LogP contribution >= 0.6 is 0 Å². The number of para-hydroxylation sites is 1. The van der Waals surface area contributed by atoms with E-state index >= 15 is 0 Å². The number of aryl methyl sites for hydroxylation is 1. The molecule has 0 aromatic heterocycles. The molecule has 0 spiro atoms. The predicted octanol–water partition coefficient (Wildman–Crippen LogP) is 1.42. The number of hydrogen-bond acceptors (Lipinski definition) is 5. The van der Waals surface area contributed by atoms with Gasteiger partial charge in [-0.05, 0) is 42.3 Å². The van der Waals surface area contributed by atoms with Gasteiger partial charge in [0.1, 0.15) is 12.6 Å². The van der Waals surface area contributed by atoms with E-state index in [1.54, 1.807) is 31.2 Å². The number of carbonyl (C=O) groups excluding carboxylic acids is 1. The lowest BCUT2D eigenvalue weighted by Gasteiger charge is -2.25. The third kappa shape index (κ3) is 3.25. The Balaban J connectivity index is 2.06. The molecule has 1 heterocycles. The fraction of sp³-hybridized carbons (Fsp3) is 0.278. The zero-order valence-corrected chi connectivity index (χ0v) is 14.6. The van der Waals surface area contributed by atoms with E-state index in [-0.39, 0.29) is 24.5 Å². The molecule has 25 heavy (non-hydrogen) atoms. The maximum atomic E-state index is 13.2. The van der Waals surface area contributed by atoms with E-state index in [2.05, 4.69) is 6.07 Å². The van der Waals surface area contributed by atoms with Gasteiger partial charge >= 0.3 is 5.97 Å². The first-order valence-electron chi connectivity index (χ1n) is 7.92. The maximum absolute atomic E-state index is 13.2. The SMILES string of the molecule is Cc1[c]ccc(S(=O)(=O)N2c3ccccc3CC2C(=O)OCCN)c1. The van der Waals surface area contributed by atoms with Crippen molar-refractivity contribution in [2.75, 3.05) is 17.5 Å². The minimum Gasteiger partial charge on any atom is -0.463 e. The molecule has 1 aliphatic heterocycles. The molecule has 0 aliphatic carbocycles. The normalized spacial score (nSPS) is 16.6. The summed E-state index contributed by atoms with van der Waals surface area (Å²) in [7, 11) is -3.91. The molecular weight excluding hydrogens is 340 g/mol. The van der Waals surface area contributed by atoms with Gasteiger partial charge in [0.05, 0.1) is 10.6 Å². The molecule has 1 atom stereocenters. The first kappa shape index (κ1) is 17.4. The van der Waals surface area contributed by atoms with Crippen LogP contribution in [0.4, 0.5) is 5.69 Å². The number of rotatable bonds is 5. The third-order valence-electron chi connectivity index (χ3n) is 4.03. The van der Waals surface area contributed by atoms with Crippen molar-refractivity contribution in [2.45, 2.75) is 24.3 Å². The van der Waals surface area contributed by atoms with Crippen molar-refractivity contribution in [1.29, 1.82) is 0 Å². The van der Waals surface area contributed by atoms with E-state index in [4.69, 9.17) is 10.5 Å². The van der Waals surface area contributed by atoms with E-state index in [0.29, 0.717) is 11.3 Å². The Hall–Kier alpha value is -2.38. The van der Waals surface area contributed by atoms with Crippen molar-refractivity contribution in [2.24, 2.45) is 5.73 Å². The molecule has 7 heteroatoms. The van der Waals surface area contributed by atoms with Crippen LogP contribution in [-0.4, -0.2) is 33.6 Å². The van der Waals surface area contributed by atoms with E-state index in [9.17, 15) is 13.2 Å². The molecule has 0 fully saturated rings. The first-order chi connectivity index (χ1) is 11.9. The average molecular weight is 359 g/mol. The fourth-order valence-corrected chi connectivity index (χ4v) is 4.65. The van der Waals surface area contributed by atoms with Crippen LogP contribution in [0.15, 0.2) is 47.4 Å². The van der Waals surface area contributed by atoms with Crippen LogP contribution in [0.1, 0.15) is 11.1 Å². The summed E-state index contributed by atoms with van der Waals surface area (Å²) in [6.45, 7) is 2.01. The molecule has 0 amide bonds. The summed E-state index contributed by atoms with van der Waals surface area (Å²) in [6.07, 6.45) is 0.275. The largest absolute Gasteiger partial charge is 0.463 e. The van der Waals surface area contributed by atoms with Crippen LogP contribution in [-0.2, 0) is 26.0 Å². The Morgan fingerprint density at radius 3 is 2.84 bits per heavy atom. The lowest BCUT2D eigenvalue weighted by atomic mass is 10.1. The van der Waals surface area contributed by atoms with Crippen LogP contribution in [0.3, 0.4) is 0 Å². The predicted molar refractivity (Wildman–Crippen MR) is 93.6 cm³/mol. The lowest BCUT2D eigenvalue weighted by Crippen LogP contribution is -2.44. The topological polar surface area (TPSA) is 89.7 Å². The molecule has 6 nitrogen and oxygen atoms in total. The Labute approximate surface area is 147 Å². The van der Waals surface area contributed by atoms with Crippen molar-refractivity contribution in [3.05, 3.63) is 59.7 Å². The molecule has 131 valence electrons. The highest BCUT2D eigenvalue weighted by molar-refractivity contribution is 7.93. The number of carbonyl (C=O) groups is 1. The highest BCUT2D eigenvalue weighted by Gasteiger charge is 2.43. The van der Waals surface area contributed by atoms with Gasteiger partial charge in [-0.1, -0.05) is 24.3 Å². The van der Waals surface area contributed by atoms with Crippen molar-refractivity contribution in [1.82, 2.24) is 0 Å². The van der Waals surface area contributed by atoms with E-state index in [1.165, 1.54) is 6.07 Å². The Bertz CT molecular complexity index is 895. The molecule has 0 saturated heterocycles. The number of fused-ring (bicyclic) bond motifs is 1. The molecule has 0 bridgehead atoms. The maximum Gasteiger partial charge on any atom is 0.330 e. The molecule has 1 aliphatic rings. The Kier molecular flexibility index (Phi) is 4.78. The molecule has 1 radical (unpaired) electrons. The number of nitrogens with two attached hydrogens (primary N) is 1. The number of nitrogens with zero attached hydrogens (tertiary/aromatic N) is 1. The van der Waals surface area contributed by atoms with Gasteiger partial charge in [-0.15, -0.1) is 0 Å². The smallest absolute Gasteiger partial charge is 0.330 e. The number of esters is 1. The van der Waals surface area contributed by atoms with Gasteiger partial charge in [-0.2, -0.15) is 0 Å². The van der Waals surface area contributed by atoms with Crippen molar-refractivity contribution in [3.8, 4) is 0 Å². The van der Waals surface area contributed by atoms with Gasteiger partial charge in [0, 0.05) is 13.0 Å². The summed E-state index contributed by atoms with van der Waals surface area (Å²) in [5.41, 5.74) is 7.37. The minimum atomic E-state index is -3.91. The number of ether oxygens (including phenoxy) is 1. The van der Waals surface area contributed by atoms with Crippen LogP contribution in [0.5, 0.6) is 0 Å². The molecule has 3 rings (SSSR count). The van der Waals surface area contributed by atoms with Gasteiger partial charge < -0.3 is 10.5 Å². The summed E-state index contributed by atoms with van der Waals surface area (Å²) < 4.78 is 32.7. The second-order valence-corrected chi connectivity index (χ2v) is 7.63. The van der Waals surface area contributed by atoms with E-state index in [0.717, 1.165) is 9.87 Å². The van der Waals surface area contributed by atoms with Gasteiger partial charge in [-0.25, -0.2) is 13.2 Å². The van der Waals surface area contributed by atoms with Crippen LogP contribution < -0.4 is 10.0 Å². The fourth-order valence-electron chi connectivity index (χ4n) is 2.92. The van der Waals surface area contributed by atoms with Gasteiger partial charge in [-0.3, -0.25) is 4.31 Å².